The fourth-order valence-electron chi connectivity index (χ4n) is 4.89. The smallest absolute Gasteiger partial charge is 0.337 e. The Morgan fingerprint density at radius 3 is 1.76 bits per heavy atom. The van der Waals surface area contributed by atoms with Gasteiger partial charge in [-0.25, -0.2) is 9.59 Å². The van der Waals surface area contributed by atoms with Gasteiger partial charge in [0.15, 0.2) is 0 Å². The zero-order chi connectivity index (χ0) is 27.4. The van der Waals surface area contributed by atoms with Gasteiger partial charge in [-0.1, -0.05) is 133 Å². The standard InChI is InChI=1S/C33H46O5/c1-2-3-4-5-6-7-8-9-10-11-12-13-14-15-16-17-25-38-26-19-20-27-23-24-28-29(31(27)33(36)37)21-18-22-30(28)32(34)35/h18,21-24H,2-17,25-26H2,1H3,(H,34,35)(H,36,37). The summed E-state index contributed by atoms with van der Waals surface area (Å²) in [6, 6.07) is 7.82. The molecule has 0 unspecified atom stereocenters. The summed E-state index contributed by atoms with van der Waals surface area (Å²) in [5, 5.41) is 19.9. The van der Waals surface area contributed by atoms with Crippen LogP contribution in [0.1, 0.15) is 136 Å². The van der Waals surface area contributed by atoms with Crippen LogP contribution in [-0.2, 0) is 4.74 Å². The van der Waals surface area contributed by atoms with Crippen LogP contribution < -0.4 is 0 Å². The minimum Gasteiger partial charge on any atom is -0.478 e. The van der Waals surface area contributed by atoms with Crippen LogP contribution in [-0.4, -0.2) is 35.4 Å². The van der Waals surface area contributed by atoms with E-state index in [0.717, 1.165) is 12.8 Å². The molecule has 0 heterocycles. The van der Waals surface area contributed by atoms with Gasteiger partial charge >= 0.3 is 11.9 Å². The minimum atomic E-state index is -1.13. The topological polar surface area (TPSA) is 83.8 Å². The maximum Gasteiger partial charge on any atom is 0.337 e. The summed E-state index contributed by atoms with van der Waals surface area (Å²) in [5.41, 5.74) is 0.459. The molecule has 0 aliphatic carbocycles. The lowest BCUT2D eigenvalue weighted by Crippen LogP contribution is -2.04. The van der Waals surface area contributed by atoms with Crippen molar-refractivity contribution in [2.45, 2.75) is 110 Å². The van der Waals surface area contributed by atoms with Crippen molar-refractivity contribution in [2.75, 3.05) is 13.2 Å². The molecule has 5 nitrogen and oxygen atoms in total. The van der Waals surface area contributed by atoms with E-state index in [1.54, 1.807) is 24.3 Å². The van der Waals surface area contributed by atoms with Crippen molar-refractivity contribution in [2.24, 2.45) is 0 Å². The molecule has 2 aromatic carbocycles. The molecular formula is C33H46O5. The van der Waals surface area contributed by atoms with Gasteiger partial charge < -0.3 is 14.9 Å². The Morgan fingerprint density at radius 1 is 0.684 bits per heavy atom. The largest absolute Gasteiger partial charge is 0.478 e. The van der Waals surface area contributed by atoms with Crippen molar-refractivity contribution in [1.29, 1.82) is 0 Å². The molecule has 38 heavy (non-hydrogen) atoms. The number of rotatable bonds is 20. The van der Waals surface area contributed by atoms with Gasteiger partial charge in [-0.15, -0.1) is 0 Å². The van der Waals surface area contributed by atoms with Crippen molar-refractivity contribution in [3.8, 4) is 11.8 Å². The molecule has 0 bridgehead atoms. The van der Waals surface area contributed by atoms with E-state index in [-0.39, 0.29) is 17.7 Å². The highest BCUT2D eigenvalue weighted by Gasteiger charge is 2.17. The summed E-state index contributed by atoms with van der Waals surface area (Å²) in [7, 11) is 0. The molecule has 0 saturated heterocycles. The van der Waals surface area contributed by atoms with Gasteiger partial charge in [0.25, 0.3) is 0 Å². The molecule has 0 spiro atoms. The average Bonchev–Trinajstić information content (AvgIpc) is 2.91. The van der Waals surface area contributed by atoms with E-state index in [1.165, 1.54) is 96.0 Å². The van der Waals surface area contributed by atoms with Gasteiger partial charge in [0.2, 0.25) is 0 Å². The van der Waals surface area contributed by atoms with E-state index in [4.69, 9.17) is 4.74 Å². The molecule has 0 radical (unpaired) electrons. The van der Waals surface area contributed by atoms with E-state index in [2.05, 4.69) is 18.8 Å². The maximum atomic E-state index is 11.9. The molecule has 0 fully saturated rings. The highest BCUT2D eigenvalue weighted by molar-refractivity contribution is 6.11. The summed E-state index contributed by atoms with van der Waals surface area (Å²) in [4.78, 5) is 23.3. The summed E-state index contributed by atoms with van der Waals surface area (Å²) in [6.07, 6.45) is 21.4. The Kier molecular flexibility index (Phi) is 15.9. The summed E-state index contributed by atoms with van der Waals surface area (Å²) in [6.45, 7) is 3.16. The third-order valence-corrected chi connectivity index (χ3v) is 7.05. The number of carbonyl (C=O) groups is 2. The van der Waals surface area contributed by atoms with Crippen LogP contribution in [0, 0.1) is 11.8 Å². The average molecular weight is 523 g/mol. The Morgan fingerprint density at radius 2 is 1.24 bits per heavy atom. The zero-order valence-electron chi connectivity index (χ0n) is 23.2. The maximum absolute atomic E-state index is 11.9. The van der Waals surface area contributed by atoms with Crippen LogP contribution in [0.5, 0.6) is 0 Å². The van der Waals surface area contributed by atoms with Crippen LogP contribution in [0.2, 0.25) is 0 Å². The molecule has 0 aromatic heterocycles. The van der Waals surface area contributed by atoms with Gasteiger partial charge in [-0.2, -0.15) is 0 Å². The van der Waals surface area contributed by atoms with E-state index in [0.29, 0.717) is 22.9 Å². The normalized spacial score (nSPS) is 10.9. The Labute approximate surface area is 229 Å². The van der Waals surface area contributed by atoms with Crippen LogP contribution in [0.4, 0.5) is 0 Å². The minimum absolute atomic E-state index is 0.0240. The first kappa shape index (κ1) is 31.4. The number of carboxylic acid groups (broad SMARTS) is 2. The van der Waals surface area contributed by atoms with Crippen molar-refractivity contribution in [3.63, 3.8) is 0 Å². The second-order valence-electron chi connectivity index (χ2n) is 10.2. The second kappa shape index (κ2) is 19.3. The number of hydrogen-bond acceptors (Lipinski definition) is 3. The Hall–Kier alpha value is -2.84. The molecular weight excluding hydrogens is 476 g/mol. The fourth-order valence-corrected chi connectivity index (χ4v) is 4.89. The fraction of sp³-hybridized carbons (Fsp3) is 0.576. The molecule has 0 aliphatic heterocycles. The zero-order valence-corrected chi connectivity index (χ0v) is 23.2. The lowest BCUT2D eigenvalue weighted by Gasteiger charge is -2.08. The molecule has 2 rings (SSSR count). The van der Waals surface area contributed by atoms with Gasteiger partial charge in [-0.05, 0) is 29.3 Å². The van der Waals surface area contributed by atoms with E-state index < -0.39 is 11.9 Å². The van der Waals surface area contributed by atoms with Gasteiger partial charge in [-0.3, -0.25) is 0 Å². The first-order valence-corrected chi connectivity index (χ1v) is 14.6. The van der Waals surface area contributed by atoms with Crippen molar-refractivity contribution in [3.05, 3.63) is 47.0 Å². The number of benzene rings is 2. The monoisotopic (exact) mass is 522 g/mol. The predicted octanol–water partition coefficient (Wildman–Crippen LogP) is 8.87. The molecule has 0 aliphatic rings. The van der Waals surface area contributed by atoms with Gasteiger partial charge in [0, 0.05) is 12.2 Å². The number of unbranched alkanes of at least 4 members (excludes halogenated alkanes) is 15. The Bertz CT molecular complexity index is 1050. The van der Waals surface area contributed by atoms with Crippen molar-refractivity contribution < 1.29 is 24.5 Å². The predicted molar refractivity (Wildman–Crippen MR) is 155 cm³/mol. The molecule has 0 amide bonds. The number of ether oxygens (including phenoxy) is 1. The molecule has 0 saturated carbocycles. The first-order chi connectivity index (χ1) is 18.6. The number of aromatic carboxylic acids is 2. The summed E-state index contributed by atoms with van der Waals surface area (Å²) in [5.74, 6) is 3.57. The van der Waals surface area contributed by atoms with Crippen LogP contribution in [0.3, 0.4) is 0 Å². The third kappa shape index (κ3) is 11.7. The van der Waals surface area contributed by atoms with E-state index >= 15 is 0 Å². The van der Waals surface area contributed by atoms with E-state index in [1.807, 2.05) is 0 Å². The van der Waals surface area contributed by atoms with Crippen LogP contribution in [0.15, 0.2) is 30.3 Å². The third-order valence-electron chi connectivity index (χ3n) is 7.05. The number of carboxylic acids is 2. The van der Waals surface area contributed by atoms with Gasteiger partial charge in [0.1, 0.15) is 6.61 Å². The number of hydrogen-bond donors (Lipinski definition) is 2. The van der Waals surface area contributed by atoms with Crippen LogP contribution >= 0.6 is 0 Å². The summed E-state index contributed by atoms with van der Waals surface area (Å²) < 4.78 is 5.61. The lowest BCUT2D eigenvalue weighted by molar-refractivity contribution is 0.0686. The molecule has 208 valence electrons. The van der Waals surface area contributed by atoms with Crippen molar-refractivity contribution >= 4 is 22.7 Å². The first-order valence-electron chi connectivity index (χ1n) is 14.6. The van der Waals surface area contributed by atoms with Crippen molar-refractivity contribution in [1.82, 2.24) is 0 Å². The lowest BCUT2D eigenvalue weighted by atomic mass is 9.96. The molecule has 2 N–H and O–H groups in total. The highest BCUT2D eigenvalue weighted by Crippen LogP contribution is 2.25. The van der Waals surface area contributed by atoms with E-state index in [9.17, 15) is 19.8 Å². The molecule has 2 aromatic rings. The quantitative estimate of drug-likeness (QED) is 0.134. The molecule has 0 atom stereocenters. The highest BCUT2D eigenvalue weighted by atomic mass is 16.5. The van der Waals surface area contributed by atoms with Crippen LogP contribution in [0.25, 0.3) is 10.8 Å². The summed E-state index contributed by atoms with van der Waals surface area (Å²) >= 11 is 0. The second-order valence-corrected chi connectivity index (χ2v) is 10.2. The Balaban J connectivity index is 1.55. The molecule has 5 heteroatoms. The SMILES string of the molecule is CCCCCCCCCCCCCCCCCCOCC#Cc1ccc2c(C(=O)O)cccc2c1C(=O)O. The number of fused-ring (bicyclic) bond motifs is 1. The van der Waals surface area contributed by atoms with Gasteiger partial charge in [0.05, 0.1) is 11.1 Å².